The summed E-state index contributed by atoms with van der Waals surface area (Å²) < 4.78 is 1.50. The van der Waals surface area contributed by atoms with Crippen molar-refractivity contribution in [1.29, 1.82) is 0 Å². The van der Waals surface area contributed by atoms with E-state index in [0.29, 0.717) is 25.2 Å². The Hall–Kier alpha value is -2.75. The molecule has 2 amide bonds. The Morgan fingerprint density at radius 2 is 1.89 bits per heavy atom. The van der Waals surface area contributed by atoms with Gasteiger partial charge in [-0.2, -0.15) is 4.98 Å². The third kappa shape index (κ3) is 5.58. The topological polar surface area (TPSA) is 109 Å². The number of nitrogens with two attached hydrogens (primary N) is 1. The number of piperazine rings is 1. The van der Waals surface area contributed by atoms with Gasteiger partial charge in [0.25, 0.3) is 0 Å². The predicted molar refractivity (Wildman–Crippen MR) is 137 cm³/mol. The number of aromatic nitrogens is 2. The number of benzene rings is 1. The molecule has 1 aliphatic carbocycles. The third-order valence-electron chi connectivity index (χ3n) is 7.93. The second-order valence-electron chi connectivity index (χ2n) is 10.4. The standard InChI is InChI=1S/C26H37N7O2/c1-18(32-16-20-4-5-22(27)15-21(20)17-32)14-19-2-6-23(7-3-19)33-11-8-24(30-26(33)35)29-25(34)31-12-9-28-10-13-31/h2-3,6-8,11,18,20-22,28H,4-5,9-10,12-17,27H2,1H3,(H,29,30,34,35). The first-order chi connectivity index (χ1) is 17.0. The zero-order chi connectivity index (χ0) is 24.4. The zero-order valence-electron chi connectivity index (χ0n) is 20.5. The van der Waals surface area contributed by atoms with Gasteiger partial charge in [0, 0.05) is 57.5 Å². The molecular formula is C26H37N7O2. The van der Waals surface area contributed by atoms with Gasteiger partial charge in [-0.15, -0.1) is 0 Å². The van der Waals surface area contributed by atoms with E-state index in [9.17, 15) is 9.59 Å². The molecule has 188 valence electrons. The number of amides is 2. The van der Waals surface area contributed by atoms with Crippen LogP contribution in [-0.2, 0) is 6.42 Å². The molecule has 4 atom stereocenters. The van der Waals surface area contributed by atoms with Crippen molar-refractivity contribution >= 4 is 11.8 Å². The molecule has 3 aliphatic rings. The van der Waals surface area contributed by atoms with Crippen LogP contribution in [0.25, 0.3) is 5.69 Å². The molecule has 2 aliphatic heterocycles. The van der Waals surface area contributed by atoms with Crippen LogP contribution in [0.5, 0.6) is 0 Å². The summed E-state index contributed by atoms with van der Waals surface area (Å²) in [6, 6.07) is 10.4. The highest BCUT2D eigenvalue weighted by molar-refractivity contribution is 5.88. The van der Waals surface area contributed by atoms with E-state index in [1.807, 2.05) is 12.1 Å². The van der Waals surface area contributed by atoms with Gasteiger partial charge in [-0.3, -0.25) is 14.8 Å². The van der Waals surface area contributed by atoms with Gasteiger partial charge in [0.2, 0.25) is 0 Å². The number of fused-ring (bicyclic) bond motifs is 1. The van der Waals surface area contributed by atoms with Crippen molar-refractivity contribution < 1.29 is 4.79 Å². The van der Waals surface area contributed by atoms with E-state index in [0.717, 1.165) is 43.6 Å². The lowest BCUT2D eigenvalue weighted by Gasteiger charge is -2.28. The molecule has 1 aromatic heterocycles. The van der Waals surface area contributed by atoms with Gasteiger partial charge in [0.05, 0.1) is 5.69 Å². The maximum absolute atomic E-state index is 12.6. The molecule has 1 aromatic carbocycles. The Morgan fingerprint density at radius 1 is 1.14 bits per heavy atom. The lowest BCUT2D eigenvalue weighted by Crippen LogP contribution is -2.48. The summed E-state index contributed by atoms with van der Waals surface area (Å²) in [5, 5.41) is 5.94. The number of nitrogens with zero attached hydrogens (tertiary/aromatic N) is 4. The highest BCUT2D eigenvalue weighted by atomic mass is 16.2. The number of carbonyl (C=O) groups excluding carboxylic acids is 1. The van der Waals surface area contributed by atoms with Crippen molar-refractivity contribution in [3.05, 3.63) is 52.6 Å². The van der Waals surface area contributed by atoms with Crippen molar-refractivity contribution in [3.63, 3.8) is 0 Å². The molecule has 9 nitrogen and oxygen atoms in total. The molecule has 4 N–H and O–H groups in total. The minimum Gasteiger partial charge on any atom is -0.328 e. The fourth-order valence-electron chi connectivity index (χ4n) is 5.85. The molecule has 2 aromatic rings. The maximum atomic E-state index is 12.6. The summed E-state index contributed by atoms with van der Waals surface area (Å²) in [5.74, 6) is 1.84. The normalized spacial score (nSPS) is 25.8. The van der Waals surface area contributed by atoms with Gasteiger partial charge in [0.1, 0.15) is 5.82 Å². The Kier molecular flexibility index (Phi) is 7.17. The maximum Gasteiger partial charge on any atom is 0.354 e. The molecule has 1 saturated carbocycles. The van der Waals surface area contributed by atoms with Crippen LogP contribution in [0, 0.1) is 11.8 Å². The van der Waals surface area contributed by atoms with Gasteiger partial charge in [0.15, 0.2) is 0 Å². The van der Waals surface area contributed by atoms with Crippen LogP contribution in [0.1, 0.15) is 31.7 Å². The first kappa shape index (κ1) is 24.0. The Balaban J connectivity index is 1.18. The quantitative estimate of drug-likeness (QED) is 0.602. The summed E-state index contributed by atoms with van der Waals surface area (Å²) in [6.45, 7) is 7.48. The van der Waals surface area contributed by atoms with Crippen molar-refractivity contribution in [2.75, 3.05) is 44.6 Å². The molecule has 3 heterocycles. The number of anilines is 1. The molecule has 4 unspecified atom stereocenters. The average Bonchev–Trinajstić information content (AvgIpc) is 3.29. The van der Waals surface area contributed by atoms with Gasteiger partial charge in [-0.25, -0.2) is 9.59 Å². The highest BCUT2D eigenvalue weighted by Crippen LogP contribution is 2.36. The number of hydrogen-bond acceptors (Lipinski definition) is 6. The Labute approximate surface area is 206 Å². The first-order valence-electron chi connectivity index (χ1n) is 12.9. The third-order valence-corrected chi connectivity index (χ3v) is 7.93. The molecule has 0 spiro atoms. The SMILES string of the molecule is CC(Cc1ccc(-n2ccc(NC(=O)N3CCNCC3)nc2=O)cc1)N1CC2CCC(N)CC2C1. The average molecular weight is 480 g/mol. The highest BCUT2D eigenvalue weighted by Gasteiger charge is 2.38. The summed E-state index contributed by atoms with van der Waals surface area (Å²) in [4.78, 5) is 33.4. The molecule has 0 bridgehead atoms. The number of carbonyl (C=O) groups is 1. The fourth-order valence-corrected chi connectivity index (χ4v) is 5.85. The monoisotopic (exact) mass is 479 g/mol. The molecule has 0 radical (unpaired) electrons. The largest absolute Gasteiger partial charge is 0.354 e. The van der Waals surface area contributed by atoms with Crippen LogP contribution in [-0.4, -0.2) is 76.7 Å². The molecule has 3 fully saturated rings. The fraction of sp³-hybridized carbons (Fsp3) is 0.577. The van der Waals surface area contributed by atoms with E-state index in [1.165, 1.54) is 35.9 Å². The molecule has 2 saturated heterocycles. The van der Waals surface area contributed by atoms with Crippen LogP contribution in [0.2, 0.25) is 0 Å². The summed E-state index contributed by atoms with van der Waals surface area (Å²) in [5.41, 5.74) is 7.81. The van der Waals surface area contributed by atoms with Crippen molar-refractivity contribution in [3.8, 4) is 5.69 Å². The van der Waals surface area contributed by atoms with Gasteiger partial charge < -0.3 is 16.0 Å². The number of rotatable bonds is 5. The number of nitrogens with one attached hydrogen (secondary N) is 2. The van der Waals surface area contributed by atoms with Gasteiger partial charge >= 0.3 is 11.7 Å². The molecular weight excluding hydrogens is 442 g/mol. The van der Waals surface area contributed by atoms with Crippen LogP contribution < -0.4 is 22.1 Å². The van der Waals surface area contributed by atoms with E-state index in [1.54, 1.807) is 17.2 Å². The minimum absolute atomic E-state index is 0.227. The summed E-state index contributed by atoms with van der Waals surface area (Å²) in [7, 11) is 0. The second kappa shape index (κ2) is 10.5. The van der Waals surface area contributed by atoms with Crippen LogP contribution in [0.4, 0.5) is 10.6 Å². The summed E-state index contributed by atoms with van der Waals surface area (Å²) in [6.07, 6.45) is 6.25. The lowest BCUT2D eigenvalue weighted by atomic mass is 9.79. The number of likely N-dealkylation sites (tertiary alicyclic amines) is 1. The van der Waals surface area contributed by atoms with Crippen LogP contribution in [0.15, 0.2) is 41.3 Å². The van der Waals surface area contributed by atoms with Crippen LogP contribution >= 0.6 is 0 Å². The first-order valence-corrected chi connectivity index (χ1v) is 12.9. The second-order valence-corrected chi connectivity index (χ2v) is 10.4. The van der Waals surface area contributed by atoms with Crippen molar-refractivity contribution in [2.24, 2.45) is 17.6 Å². The van der Waals surface area contributed by atoms with E-state index in [4.69, 9.17) is 5.73 Å². The summed E-state index contributed by atoms with van der Waals surface area (Å²) >= 11 is 0. The molecule has 35 heavy (non-hydrogen) atoms. The van der Waals surface area contributed by atoms with Gasteiger partial charge in [-0.05, 0) is 68.2 Å². The Bertz CT molecular complexity index is 1080. The van der Waals surface area contributed by atoms with E-state index < -0.39 is 5.69 Å². The van der Waals surface area contributed by atoms with Crippen molar-refractivity contribution in [1.82, 2.24) is 24.7 Å². The van der Waals surface area contributed by atoms with E-state index >= 15 is 0 Å². The minimum atomic E-state index is -0.415. The zero-order valence-corrected chi connectivity index (χ0v) is 20.5. The molecule has 9 heteroatoms. The van der Waals surface area contributed by atoms with Gasteiger partial charge in [-0.1, -0.05) is 12.1 Å². The molecule has 5 rings (SSSR count). The number of hydrogen-bond donors (Lipinski definition) is 3. The smallest absolute Gasteiger partial charge is 0.328 e. The lowest BCUT2D eigenvalue weighted by molar-refractivity contribution is 0.204. The predicted octanol–water partition coefficient (Wildman–Crippen LogP) is 1.66. The van der Waals surface area contributed by atoms with Crippen LogP contribution in [0.3, 0.4) is 0 Å². The van der Waals surface area contributed by atoms with E-state index in [-0.39, 0.29) is 11.8 Å². The van der Waals surface area contributed by atoms with Crippen molar-refractivity contribution in [2.45, 2.75) is 44.7 Å². The Morgan fingerprint density at radius 3 is 2.63 bits per heavy atom. The van der Waals surface area contributed by atoms with E-state index in [2.05, 4.69) is 39.6 Å². The number of urea groups is 1.